The Labute approximate surface area is 178 Å². The minimum Gasteiger partial charge on any atom is -0.394 e. The van der Waals surface area contributed by atoms with E-state index >= 15 is 0 Å². The smallest absolute Gasteiger partial charge is 0.270 e. The van der Waals surface area contributed by atoms with Gasteiger partial charge in [-0.15, -0.1) is 0 Å². The van der Waals surface area contributed by atoms with E-state index in [0.717, 1.165) is 0 Å². The Hall–Kier alpha value is -2.95. The number of nitrogens with zero attached hydrogens (tertiary/aromatic N) is 3. The Morgan fingerprint density at radius 1 is 1.23 bits per heavy atom. The van der Waals surface area contributed by atoms with Gasteiger partial charge >= 0.3 is 0 Å². The van der Waals surface area contributed by atoms with Crippen molar-refractivity contribution in [3.63, 3.8) is 0 Å². The number of aliphatic hydroxyl groups excluding tert-OH is 1. The molecule has 9 nitrogen and oxygen atoms in total. The number of ether oxygens (including phenoxy) is 2. The van der Waals surface area contributed by atoms with Crippen molar-refractivity contribution < 1.29 is 28.6 Å². The highest BCUT2D eigenvalue weighted by Gasteiger charge is 2.35. The van der Waals surface area contributed by atoms with E-state index in [1.807, 2.05) is 0 Å². The molecular formula is C21H23FN4O5. The minimum atomic E-state index is -0.397. The highest BCUT2D eigenvalue weighted by atomic mass is 19.1. The van der Waals surface area contributed by atoms with Gasteiger partial charge in [-0.1, -0.05) is 17.3 Å². The SMILES string of the molecule is Cc1nc(C(=O)NCc2cccc(F)c2)cc(C2=NO[C@@H]([C@H]3COC(CO)CO3)C2)n1. The van der Waals surface area contributed by atoms with Gasteiger partial charge in [0.25, 0.3) is 5.91 Å². The second-order valence-corrected chi connectivity index (χ2v) is 7.39. The zero-order valence-corrected chi connectivity index (χ0v) is 17.0. The van der Waals surface area contributed by atoms with E-state index in [0.29, 0.717) is 42.4 Å². The molecule has 31 heavy (non-hydrogen) atoms. The molecule has 1 amide bonds. The number of hydrogen-bond acceptors (Lipinski definition) is 8. The number of aliphatic hydroxyl groups is 1. The van der Waals surface area contributed by atoms with E-state index in [1.54, 1.807) is 25.1 Å². The largest absolute Gasteiger partial charge is 0.394 e. The molecule has 1 saturated heterocycles. The van der Waals surface area contributed by atoms with Gasteiger partial charge in [0.05, 0.1) is 25.5 Å². The van der Waals surface area contributed by atoms with Crippen molar-refractivity contribution in [1.82, 2.24) is 15.3 Å². The minimum absolute atomic E-state index is 0.0930. The van der Waals surface area contributed by atoms with Crippen LogP contribution in [-0.2, 0) is 20.9 Å². The Bertz CT molecular complexity index is 978. The number of carbonyl (C=O) groups excluding carboxylic acids is 1. The van der Waals surface area contributed by atoms with Crippen LogP contribution in [0.3, 0.4) is 0 Å². The second kappa shape index (κ2) is 9.46. The second-order valence-electron chi connectivity index (χ2n) is 7.39. The average molecular weight is 430 g/mol. The summed E-state index contributed by atoms with van der Waals surface area (Å²) in [6.07, 6.45) is -0.522. The lowest BCUT2D eigenvalue weighted by Gasteiger charge is -2.30. The standard InChI is InChI=1S/C21H23FN4O5/c1-12-24-16(17-7-19(31-26-17)20-11-29-15(9-27)10-30-20)6-18(25-12)21(28)23-8-13-3-2-4-14(22)5-13/h2-6,15,19-20,27H,7-11H2,1H3,(H,23,28)/t15?,19-,20-/m1/s1. The van der Waals surface area contributed by atoms with Crippen molar-refractivity contribution in [3.05, 3.63) is 58.9 Å². The molecule has 2 aliphatic rings. The van der Waals surface area contributed by atoms with Crippen molar-refractivity contribution in [1.29, 1.82) is 0 Å². The van der Waals surface area contributed by atoms with Gasteiger partial charge in [0.2, 0.25) is 0 Å². The fraction of sp³-hybridized carbons (Fsp3) is 0.429. The Morgan fingerprint density at radius 2 is 2.10 bits per heavy atom. The van der Waals surface area contributed by atoms with Crippen LogP contribution >= 0.6 is 0 Å². The summed E-state index contributed by atoms with van der Waals surface area (Å²) in [5.74, 6) is -0.339. The van der Waals surface area contributed by atoms with Gasteiger partial charge in [0.1, 0.15) is 35.3 Å². The van der Waals surface area contributed by atoms with Crippen LogP contribution in [0.15, 0.2) is 35.5 Å². The van der Waals surface area contributed by atoms with Crippen molar-refractivity contribution in [2.75, 3.05) is 19.8 Å². The molecule has 1 fully saturated rings. The van der Waals surface area contributed by atoms with Gasteiger partial charge in [-0.2, -0.15) is 0 Å². The van der Waals surface area contributed by atoms with Crippen LogP contribution < -0.4 is 5.32 Å². The summed E-state index contributed by atoms with van der Waals surface area (Å²) in [5, 5.41) is 16.0. The molecule has 0 spiro atoms. The molecule has 2 aliphatic heterocycles. The molecular weight excluding hydrogens is 407 g/mol. The van der Waals surface area contributed by atoms with E-state index in [1.165, 1.54) is 12.1 Å². The van der Waals surface area contributed by atoms with Gasteiger partial charge in [0, 0.05) is 13.0 Å². The molecule has 3 atom stereocenters. The molecule has 1 unspecified atom stereocenters. The molecule has 4 rings (SSSR count). The number of hydrogen-bond donors (Lipinski definition) is 2. The molecule has 10 heteroatoms. The number of carbonyl (C=O) groups is 1. The highest BCUT2D eigenvalue weighted by Crippen LogP contribution is 2.23. The summed E-state index contributed by atoms with van der Waals surface area (Å²) < 4.78 is 24.5. The molecule has 2 N–H and O–H groups in total. The van der Waals surface area contributed by atoms with Crippen LogP contribution in [-0.4, -0.2) is 64.8 Å². The van der Waals surface area contributed by atoms with E-state index in [-0.39, 0.29) is 43.0 Å². The number of aryl methyl sites for hydroxylation is 1. The Morgan fingerprint density at radius 3 is 2.84 bits per heavy atom. The van der Waals surface area contributed by atoms with Crippen molar-refractivity contribution >= 4 is 11.6 Å². The van der Waals surface area contributed by atoms with Crippen LogP contribution in [0.2, 0.25) is 0 Å². The molecule has 1 aromatic carbocycles. The first-order chi connectivity index (χ1) is 15.0. The summed E-state index contributed by atoms with van der Waals surface area (Å²) >= 11 is 0. The van der Waals surface area contributed by atoms with Crippen LogP contribution in [0, 0.1) is 12.7 Å². The number of nitrogens with one attached hydrogen (secondary N) is 1. The highest BCUT2D eigenvalue weighted by molar-refractivity contribution is 6.02. The predicted octanol–water partition coefficient (Wildman–Crippen LogP) is 1.12. The van der Waals surface area contributed by atoms with Gasteiger partial charge in [-0.3, -0.25) is 4.79 Å². The fourth-order valence-corrected chi connectivity index (χ4v) is 3.38. The summed E-state index contributed by atoms with van der Waals surface area (Å²) in [6, 6.07) is 7.58. The Kier molecular flexibility index (Phi) is 6.50. The van der Waals surface area contributed by atoms with Gasteiger partial charge in [-0.25, -0.2) is 14.4 Å². The fourth-order valence-electron chi connectivity index (χ4n) is 3.38. The van der Waals surface area contributed by atoms with Crippen molar-refractivity contribution in [2.24, 2.45) is 5.16 Å². The molecule has 164 valence electrons. The van der Waals surface area contributed by atoms with Gasteiger partial charge in [0.15, 0.2) is 6.10 Å². The Balaban J connectivity index is 1.39. The number of amides is 1. The molecule has 0 bridgehead atoms. The monoisotopic (exact) mass is 430 g/mol. The molecule has 1 aromatic heterocycles. The number of benzene rings is 1. The van der Waals surface area contributed by atoms with E-state index in [2.05, 4.69) is 20.4 Å². The van der Waals surface area contributed by atoms with Crippen LogP contribution in [0.4, 0.5) is 4.39 Å². The number of oxime groups is 1. The van der Waals surface area contributed by atoms with Crippen LogP contribution in [0.1, 0.15) is 34.0 Å². The van der Waals surface area contributed by atoms with Crippen molar-refractivity contribution in [3.8, 4) is 0 Å². The predicted molar refractivity (Wildman–Crippen MR) is 107 cm³/mol. The number of halogens is 1. The molecule has 0 aliphatic carbocycles. The van der Waals surface area contributed by atoms with E-state index in [9.17, 15) is 9.18 Å². The molecule has 2 aromatic rings. The lowest BCUT2D eigenvalue weighted by molar-refractivity contribution is -0.178. The molecule has 0 radical (unpaired) electrons. The maximum Gasteiger partial charge on any atom is 0.270 e. The summed E-state index contributed by atoms with van der Waals surface area (Å²) in [6.45, 7) is 2.36. The quantitative estimate of drug-likeness (QED) is 0.706. The molecule has 0 saturated carbocycles. The zero-order valence-electron chi connectivity index (χ0n) is 17.0. The summed E-state index contributed by atoms with van der Waals surface area (Å²) in [7, 11) is 0. The lowest BCUT2D eigenvalue weighted by Crippen LogP contribution is -2.43. The first kappa shape index (κ1) is 21.3. The third-order valence-electron chi connectivity index (χ3n) is 5.01. The summed E-state index contributed by atoms with van der Waals surface area (Å²) in [4.78, 5) is 26.7. The average Bonchev–Trinajstić information content (AvgIpc) is 3.27. The molecule has 3 heterocycles. The maximum absolute atomic E-state index is 13.3. The first-order valence-corrected chi connectivity index (χ1v) is 9.97. The van der Waals surface area contributed by atoms with Crippen LogP contribution in [0.25, 0.3) is 0 Å². The van der Waals surface area contributed by atoms with Crippen molar-refractivity contribution in [2.45, 2.75) is 38.2 Å². The first-order valence-electron chi connectivity index (χ1n) is 9.97. The normalized spacial score (nSPS) is 23.2. The van der Waals surface area contributed by atoms with Crippen LogP contribution in [0.5, 0.6) is 0 Å². The van der Waals surface area contributed by atoms with E-state index in [4.69, 9.17) is 19.4 Å². The lowest BCUT2D eigenvalue weighted by atomic mass is 10.0. The third kappa shape index (κ3) is 5.22. The topological polar surface area (TPSA) is 115 Å². The summed E-state index contributed by atoms with van der Waals surface area (Å²) in [5.41, 5.74) is 1.92. The van der Waals surface area contributed by atoms with Gasteiger partial charge < -0.3 is 24.7 Å². The zero-order chi connectivity index (χ0) is 21.8. The number of aromatic nitrogens is 2. The van der Waals surface area contributed by atoms with Gasteiger partial charge in [-0.05, 0) is 30.7 Å². The number of rotatable bonds is 6. The van der Waals surface area contributed by atoms with E-state index < -0.39 is 5.91 Å². The third-order valence-corrected chi connectivity index (χ3v) is 5.01. The maximum atomic E-state index is 13.3.